The van der Waals surface area contributed by atoms with Gasteiger partial charge < -0.3 is 19.9 Å². The summed E-state index contributed by atoms with van der Waals surface area (Å²) in [5.41, 5.74) is -4.44. The van der Waals surface area contributed by atoms with Gasteiger partial charge in [-0.1, -0.05) is 12.1 Å². The lowest BCUT2D eigenvalue weighted by molar-refractivity contribution is -0.139. The van der Waals surface area contributed by atoms with E-state index >= 15 is 0 Å². The van der Waals surface area contributed by atoms with E-state index in [1.54, 1.807) is 4.90 Å². The van der Waals surface area contributed by atoms with E-state index in [1.807, 2.05) is 4.90 Å². The van der Waals surface area contributed by atoms with Crippen LogP contribution in [0.25, 0.3) is 0 Å². The van der Waals surface area contributed by atoms with Crippen LogP contribution in [0.3, 0.4) is 0 Å². The van der Waals surface area contributed by atoms with Gasteiger partial charge in [-0.2, -0.15) is 13.2 Å². The van der Waals surface area contributed by atoms with E-state index in [0.29, 0.717) is 44.9 Å². The van der Waals surface area contributed by atoms with Gasteiger partial charge in [0.15, 0.2) is 0 Å². The van der Waals surface area contributed by atoms with Crippen molar-refractivity contribution in [2.24, 2.45) is 11.3 Å². The number of nitrogens with zero attached hydrogens (tertiary/aromatic N) is 2. The van der Waals surface area contributed by atoms with Gasteiger partial charge in [-0.15, -0.1) is 0 Å². The Morgan fingerprint density at radius 3 is 2.54 bits per heavy atom. The smallest absolute Gasteiger partial charge is 0.366 e. The summed E-state index contributed by atoms with van der Waals surface area (Å²) in [6.07, 6.45) is 4.18. The van der Waals surface area contributed by atoms with Crippen LogP contribution in [0.15, 0.2) is 29.2 Å². The fraction of sp³-hybridized carbons (Fsp3) is 0.652. The van der Waals surface area contributed by atoms with Crippen molar-refractivity contribution in [3.8, 4) is 0 Å². The number of carbonyl (C=O) groups is 2. The first-order valence-electron chi connectivity index (χ1n) is 11.8. The lowest BCUT2D eigenvalue weighted by atomic mass is 9.77. The molecule has 1 N–H and O–H groups in total. The minimum atomic E-state index is -5.34. The van der Waals surface area contributed by atoms with Crippen molar-refractivity contribution in [3.63, 3.8) is 0 Å². The minimum Gasteiger partial charge on any atom is -0.366 e. The number of likely N-dealkylation sites (tertiary alicyclic amines) is 2. The van der Waals surface area contributed by atoms with E-state index in [1.165, 1.54) is 12.1 Å². The topological polar surface area (TPSA) is 96.0 Å². The second-order valence-corrected chi connectivity index (χ2v) is 12.2. The molecule has 3 amide bonds. The highest BCUT2D eigenvalue weighted by Crippen LogP contribution is 2.49. The lowest BCUT2D eigenvalue weighted by Crippen LogP contribution is -2.65. The number of piperidine rings is 1. The molecule has 1 aromatic rings. The second-order valence-electron chi connectivity index (χ2n) is 10.3. The van der Waals surface area contributed by atoms with Crippen LogP contribution in [-0.4, -0.2) is 80.6 Å². The highest BCUT2D eigenvalue weighted by molar-refractivity contribution is 7.92. The molecule has 4 fully saturated rings. The van der Waals surface area contributed by atoms with Gasteiger partial charge in [-0.25, -0.2) is 13.2 Å². The Bertz CT molecular complexity index is 1100. The zero-order valence-electron chi connectivity index (χ0n) is 19.1. The molecular formula is C23H28F3N3O5S. The summed E-state index contributed by atoms with van der Waals surface area (Å²) in [6, 6.07) is 4.77. The van der Waals surface area contributed by atoms with Crippen LogP contribution in [0.2, 0.25) is 0 Å². The van der Waals surface area contributed by atoms with Gasteiger partial charge in [-0.05, 0) is 55.7 Å². The summed E-state index contributed by atoms with van der Waals surface area (Å²) in [5, 5.41) is 2.91. The highest BCUT2D eigenvalue weighted by Gasteiger charge is 2.51. The molecule has 8 nitrogen and oxygen atoms in total. The largest absolute Gasteiger partial charge is 0.501 e. The Labute approximate surface area is 201 Å². The van der Waals surface area contributed by atoms with Crippen LogP contribution >= 0.6 is 0 Å². The van der Waals surface area contributed by atoms with Crippen LogP contribution in [0.4, 0.5) is 18.0 Å². The molecule has 1 saturated carbocycles. The number of carbonyl (C=O) groups excluding carboxylic acids is 2. The summed E-state index contributed by atoms with van der Waals surface area (Å²) in [5.74, 6) is 0.180. The predicted octanol–water partition coefficient (Wildman–Crippen LogP) is 2.33. The van der Waals surface area contributed by atoms with E-state index in [-0.39, 0.29) is 36.1 Å². The molecule has 5 rings (SSSR count). The Morgan fingerprint density at radius 2 is 1.86 bits per heavy atom. The molecule has 4 aliphatic rings. The van der Waals surface area contributed by atoms with Gasteiger partial charge in [0.25, 0.3) is 9.84 Å². The lowest BCUT2D eigenvalue weighted by Gasteiger charge is -2.51. The number of sulfone groups is 1. The van der Waals surface area contributed by atoms with Crippen molar-refractivity contribution in [3.05, 3.63) is 29.8 Å². The minimum absolute atomic E-state index is 0.0150. The quantitative estimate of drug-likeness (QED) is 0.667. The van der Waals surface area contributed by atoms with E-state index in [2.05, 4.69) is 5.32 Å². The Hall–Kier alpha value is -2.34. The van der Waals surface area contributed by atoms with Crippen molar-refractivity contribution in [1.29, 1.82) is 0 Å². The van der Waals surface area contributed by atoms with Crippen molar-refractivity contribution >= 4 is 21.8 Å². The highest BCUT2D eigenvalue weighted by atomic mass is 32.2. The van der Waals surface area contributed by atoms with Crippen LogP contribution in [-0.2, 0) is 25.8 Å². The van der Waals surface area contributed by atoms with Crippen LogP contribution < -0.4 is 5.32 Å². The van der Waals surface area contributed by atoms with Crippen molar-refractivity contribution in [1.82, 2.24) is 15.1 Å². The third kappa shape index (κ3) is 4.62. The van der Waals surface area contributed by atoms with Gasteiger partial charge in [-0.3, -0.25) is 4.79 Å². The standard InChI is InChI=1S/C23H28F3N3O5S/c24-23(25,26)35(32,33)17-3-1-15(2-4-17)9-16-5-7-22(10-16)13-29(14-22)21(31)28-8-6-19-18(11-28)27-20(30)12-34-19/h1-4,16,18-19H,5-14H2,(H,27,30)/t16-,18-,19+/m1/s1. The number of alkyl halides is 3. The maximum atomic E-state index is 13.0. The number of nitrogens with one attached hydrogen (secondary N) is 1. The van der Waals surface area contributed by atoms with Crippen molar-refractivity contribution in [2.75, 3.05) is 32.8 Å². The third-order valence-corrected chi connectivity index (χ3v) is 9.29. The van der Waals surface area contributed by atoms with Crippen LogP contribution in [0, 0.1) is 11.3 Å². The first-order chi connectivity index (χ1) is 16.5. The summed E-state index contributed by atoms with van der Waals surface area (Å²) in [6.45, 7) is 2.47. The molecule has 1 spiro atoms. The normalized spacial score (nSPS) is 28.4. The molecule has 3 aliphatic heterocycles. The zero-order valence-corrected chi connectivity index (χ0v) is 19.9. The average molecular weight is 516 g/mol. The van der Waals surface area contributed by atoms with Gasteiger partial charge in [0, 0.05) is 31.6 Å². The Kier molecular flexibility index (Phi) is 6.02. The molecular weight excluding hydrogens is 487 g/mol. The summed E-state index contributed by atoms with van der Waals surface area (Å²) in [7, 11) is -5.34. The van der Waals surface area contributed by atoms with Crippen LogP contribution in [0.5, 0.6) is 0 Å². The molecule has 3 atom stereocenters. The first-order valence-corrected chi connectivity index (χ1v) is 13.3. The number of benzene rings is 1. The number of amides is 3. The molecule has 0 bridgehead atoms. The number of halogens is 3. The first kappa shape index (κ1) is 24.4. The fourth-order valence-corrected chi connectivity index (χ4v) is 6.79. The SMILES string of the molecule is O=C1CO[C@H]2CCN(C(=O)N3CC4(CC[C@H](Cc5ccc(S(=O)(=O)C(F)(F)F)cc5)C4)C3)C[C@H]2N1. The molecule has 192 valence electrons. The van der Waals surface area contributed by atoms with E-state index in [9.17, 15) is 31.2 Å². The summed E-state index contributed by atoms with van der Waals surface area (Å²) < 4.78 is 66.8. The number of urea groups is 1. The number of hydrogen-bond donors (Lipinski definition) is 1. The second kappa shape index (κ2) is 8.65. The Morgan fingerprint density at radius 1 is 1.14 bits per heavy atom. The maximum absolute atomic E-state index is 13.0. The van der Waals surface area contributed by atoms with Gasteiger partial charge in [0.1, 0.15) is 6.61 Å². The van der Waals surface area contributed by atoms with Gasteiger partial charge in [0.2, 0.25) is 5.91 Å². The summed E-state index contributed by atoms with van der Waals surface area (Å²) >= 11 is 0. The monoisotopic (exact) mass is 515 g/mol. The molecule has 35 heavy (non-hydrogen) atoms. The van der Waals surface area contributed by atoms with Gasteiger partial charge in [0.05, 0.1) is 17.0 Å². The van der Waals surface area contributed by atoms with Crippen molar-refractivity contribution in [2.45, 2.75) is 54.7 Å². The molecule has 0 unspecified atom stereocenters. The van der Waals surface area contributed by atoms with E-state index in [4.69, 9.17) is 4.74 Å². The molecule has 12 heteroatoms. The van der Waals surface area contributed by atoms with Crippen molar-refractivity contribution < 1.29 is 35.9 Å². The molecule has 0 aromatic heterocycles. The third-order valence-electron chi connectivity index (χ3n) is 7.79. The molecule has 1 aromatic carbocycles. The number of hydrogen-bond acceptors (Lipinski definition) is 5. The van der Waals surface area contributed by atoms with Crippen LogP contribution in [0.1, 0.15) is 31.2 Å². The molecule has 1 aliphatic carbocycles. The zero-order chi connectivity index (χ0) is 25.0. The number of rotatable bonds is 3. The Balaban J connectivity index is 1.12. The number of morpholine rings is 1. The molecule has 0 radical (unpaired) electrons. The fourth-order valence-electron chi connectivity index (χ4n) is 6.03. The average Bonchev–Trinajstić information content (AvgIpc) is 3.21. The molecule has 3 saturated heterocycles. The van der Waals surface area contributed by atoms with E-state index < -0.39 is 20.2 Å². The summed E-state index contributed by atoms with van der Waals surface area (Å²) in [4.78, 5) is 27.5. The maximum Gasteiger partial charge on any atom is 0.501 e. The number of fused-ring (bicyclic) bond motifs is 1. The predicted molar refractivity (Wildman–Crippen MR) is 118 cm³/mol. The van der Waals surface area contributed by atoms with E-state index in [0.717, 1.165) is 37.0 Å². The number of ether oxygens (including phenoxy) is 1. The molecule has 3 heterocycles. The van der Waals surface area contributed by atoms with Gasteiger partial charge >= 0.3 is 11.5 Å².